The molecule has 10 heteroatoms. The summed E-state index contributed by atoms with van der Waals surface area (Å²) in [6.07, 6.45) is 3.26. The number of nitrogens with zero attached hydrogens (tertiary/aromatic N) is 3. The van der Waals surface area contributed by atoms with Crippen LogP contribution in [0.15, 0.2) is 47.4 Å². The van der Waals surface area contributed by atoms with Crippen LogP contribution in [0.1, 0.15) is 40.0 Å². The fraction of sp³-hybridized carbons (Fsp3) is 0.433. The van der Waals surface area contributed by atoms with Gasteiger partial charge in [0.15, 0.2) is 5.43 Å². The third-order valence-corrected chi connectivity index (χ3v) is 6.67. The van der Waals surface area contributed by atoms with Crippen LogP contribution < -0.4 is 14.9 Å². The summed E-state index contributed by atoms with van der Waals surface area (Å²) in [6.45, 7) is 8.66. The van der Waals surface area contributed by atoms with Gasteiger partial charge in [-0.15, -0.1) is 0 Å². The molecule has 40 heavy (non-hydrogen) atoms. The maximum absolute atomic E-state index is 15.3. The van der Waals surface area contributed by atoms with Crippen molar-refractivity contribution in [1.29, 1.82) is 0 Å². The number of ether oxygens (including phenoxy) is 3. The third-order valence-electron chi connectivity index (χ3n) is 6.67. The van der Waals surface area contributed by atoms with Gasteiger partial charge >= 0.3 is 5.97 Å². The van der Waals surface area contributed by atoms with Gasteiger partial charge in [0.25, 0.3) is 5.91 Å². The van der Waals surface area contributed by atoms with Gasteiger partial charge in [0.05, 0.1) is 30.7 Å². The first kappa shape index (κ1) is 29.2. The number of aromatic nitrogens is 1. The lowest BCUT2D eigenvalue weighted by Crippen LogP contribution is -2.52. The normalized spacial score (nSPS) is 13.8. The number of halogens is 1. The molecule has 0 unspecified atom stereocenters. The van der Waals surface area contributed by atoms with Crippen LogP contribution >= 0.6 is 0 Å². The topological polar surface area (TPSA) is 90.3 Å². The second-order valence-corrected chi connectivity index (χ2v) is 9.54. The molecule has 0 radical (unpaired) electrons. The van der Waals surface area contributed by atoms with Crippen LogP contribution in [0.3, 0.4) is 0 Å². The van der Waals surface area contributed by atoms with Crippen molar-refractivity contribution >= 4 is 22.8 Å². The zero-order valence-electron chi connectivity index (χ0n) is 23.3. The standard InChI is InChI=1S/C30H36FN3O6/c1-4-7-27(36)40-22-10-8-21(9-11-22)23-19-32(20-26(35)34(6-3)33-14-17-38-18-15-33)29-25(39-16-5-2)13-12-24(31)28(29)30(23)37/h8-13,19H,4-7,14-18,20H2,1-3H3. The van der Waals surface area contributed by atoms with E-state index in [1.807, 2.05) is 25.8 Å². The Morgan fingerprint density at radius 2 is 1.75 bits per heavy atom. The van der Waals surface area contributed by atoms with E-state index in [-0.39, 0.29) is 34.9 Å². The number of benzene rings is 2. The van der Waals surface area contributed by atoms with Crippen LogP contribution in [-0.2, 0) is 20.9 Å². The molecule has 1 aliphatic rings. The molecule has 0 bridgehead atoms. The molecule has 2 heterocycles. The maximum atomic E-state index is 15.3. The lowest BCUT2D eigenvalue weighted by atomic mass is 10.0. The van der Waals surface area contributed by atoms with Crippen molar-refractivity contribution in [2.24, 2.45) is 0 Å². The number of pyridine rings is 1. The second-order valence-electron chi connectivity index (χ2n) is 9.54. The molecule has 214 valence electrons. The molecule has 2 aromatic carbocycles. The van der Waals surface area contributed by atoms with E-state index in [1.54, 1.807) is 40.0 Å². The molecule has 0 saturated carbocycles. The molecular formula is C30H36FN3O6. The van der Waals surface area contributed by atoms with E-state index in [0.29, 0.717) is 69.4 Å². The Balaban J connectivity index is 1.80. The number of carbonyl (C=O) groups is 2. The molecule has 1 fully saturated rings. The number of hydrogen-bond donors (Lipinski definition) is 0. The minimum atomic E-state index is -0.697. The maximum Gasteiger partial charge on any atom is 0.311 e. The van der Waals surface area contributed by atoms with Crippen LogP contribution in [0, 0.1) is 5.82 Å². The number of morpholine rings is 1. The van der Waals surface area contributed by atoms with Gasteiger partial charge in [0, 0.05) is 37.8 Å². The Morgan fingerprint density at radius 3 is 2.40 bits per heavy atom. The predicted octanol–water partition coefficient (Wildman–Crippen LogP) is 4.40. The van der Waals surface area contributed by atoms with E-state index in [0.717, 1.165) is 6.42 Å². The van der Waals surface area contributed by atoms with Crippen LogP contribution in [0.2, 0.25) is 0 Å². The number of esters is 1. The van der Waals surface area contributed by atoms with E-state index >= 15 is 4.39 Å². The highest BCUT2D eigenvalue weighted by molar-refractivity contribution is 5.90. The summed E-state index contributed by atoms with van der Waals surface area (Å²) in [6, 6.07) is 9.18. The van der Waals surface area contributed by atoms with Gasteiger partial charge in [-0.2, -0.15) is 0 Å². The fourth-order valence-electron chi connectivity index (χ4n) is 4.77. The SMILES string of the molecule is CCCOc1ccc(F)c2c(=O)c(-c3ccc(OC(=O)CCC)cc3)cn(CC(=O)N(CC)N3CCOCC3)c12. The number of fused-ring (bicyclic) bond motifs is 1. The van der Waals surface area contributed by atoms with Gasteiger partial charge in [0.2, 0.25) is 0 Å². The molecule has 1 aliphatic heterocycles. The van der Waals surface area contributed by atoms with Crippen molar-refractivity contribution in [2.45, 2.75) is 46.6 Å². The second kappa shape index (κ2) is 13.5. The quantitative estimate of drug-likeness (QED) is 0.257. The highest BCUT2D eigenvalue weighted by atomic mass is 19.1. The highest BCUT2D eigenvalue weighted by Gasteiger charge is 2.25. The number of amides is 1. The van der Waals surface area contributed by atoms with Crippen LogP contribution in [0.5, 0.6) is 11.5 Å². The van der Waals surface area contributed by atoms with E-state index in [9.17, 15) is 14.4 Å². The molecule has 0 spiro atoms. The van der Waals surface area contributed by atoms with Crippen LogP contribution in [-0.4, -0.2) is 65.9 Å². The van der Waals surface area contributed by atoms with Crippen molar-refractivity contribution in [2.75, 3.05) is 39.5 Å². The van der Waals surface area contributed by atoms with Crippen LogP contribution in [0.25, 0.3) is 22.0 Å². The lowest BCUT2D eigenvalue weighted by molar-refractivity contribution is -0.156. The van der Waals surface area contributed by atoms with E-state index < -0.39 is 11.2 Å². The van der Waals surface area contributed by atoms with Gasteiger partial charge in [-0.05, 0) is 49.6 Å². The summed E-state index contributed by atoms with van der Waals surface area (Å²) in [5.41, 5.74) is 0.434. The molecule has 1 saturated heterocycles. The Kier molecular flexibility index (Phi) is 9.89. The first-order valence-electron chi connectivity index (χ1n) is 13.8. The van der Waals surface area contributed by atoms with Gasteiger partial charge < -0.3 is 18.8 Å². The van der Waals surface area contributed by atoms with E-state index in [2.05, 4.69) is 0 Å². The Morgan fingerprint density at radius 1 is 1.02 bits per heavy atom. The molecule has 0 aliphatic carbocycles. The number of rotatable bonds is 11. The summed E-state index contributed by atoms with van der Waals surface area (Å²) in [5, 5.41) is 3.47. The first-order valence-corrected chi connectivity index (χ1v) is 13.8. The molecule has 1 amide bonds. The highest BCUT2D eigenvalue weighted by Crippen LogP contribution is 2.30. The third kappa shape index (κ3) is 6.51. The number of hydrogen-bond acceptors (Lipinski definition) is 7. The largest absolute Gasteiger partial charge is 0.491 e. The average Bonchev–Trinajstić information content (AvgIpc) is 2.95. The zero-order valence-corrected chi connectivity index (χ0v) is 23.3. The van der Waals surface area contributed by atoms with Crippen molar-refractivity contribution in [3.63, 3.8) is 0 Å². The van der Waals surface area contributed by atoms with Gasteiger partial charge in [-0.1, -0.05) is 26.0 Å². The molecule has 1 aromatic heterocycles. The summed E-state index contributed by atoms with van der Waals surface area (Å²) in [5.74, 6) is -0.558. The van der Waals surface area contributed by atoms with Crippen molar-refractivity contribution < 1.29 is 28.2 Å². The van der Waals surface area contributed by atoms with E-state index in [1.165, 1.54) is 12.1 Å². The fourth-order valence-corrected chi connectivity index (χ4v) is 4.77. The summed E-state index contributed by atoms with van der Waals surface area (Å²) < 4.78 is 33.6. The minimum Gasteiger partial charge on any atom is -0.491 e. The van der Waals surface area contributed by atoms with Crippen molar-refractivity contribution in [3.8, 4) is 22.6 Å². The molecule has 0 atom stereocenters. The average molecular weight is 554 g/mol. The number of carbonyl (C=O) groups excluding carboxylic acids is 2. The monoisotopic (exact) mass is 553 g/mol. The van der Waals surface area contributed by atoms with Crippen molar-refractivity contribution in [3.05, 3.63) is 58.6 Å². The smallest absolute Gasteiger partial charge is 0.311 e. The summed E-state index contributed by atoms with van der Waals surface area (Å²) in [7, 11) is 0. The summed E-state index contributed by atoms with van der Waals surface area (Å²) in [4.78, 5) is 39.2. The zero-order chi connectivity index (χ0) is 28.6. The molecule has 3 aromatic rings. The van der Waals surface area contributed by atoms with Gasteiger partial charge in [0.1, 0.15) is 23.9 Å². The number of likely N-dealkylation sites (N-methyl/N-ethyl adjacent to an activating group) is 1. The Bertz CT molecular complexity index is 1400. The summed E-state index contributed by atoms with van der Waals surface area (Å²) >= 11 is 0. The lowest BCUT2D eigenvalue weighted by Gasteiger charge is -2.36. The molecule has 9 nitrogen and oxygen atoms in total. The first-order chi connectivity index (χ1) is 19.4. The molecular weight excluding hydrogens is 517 g/mol. The van der Waals surface area contributed by atoms with Gasteiger partial charge in [-0.25, -0.2) is 9.40 Å². The molecule has 0 N–H and O–H groups in total. The van der Waals surface area contributed by atoms with E-state index in [4.69, 9.17) is 14.2 Å². The Hall–Kier alpha value is -3.76. The van der Waals surface area contributed by atoms with Crippen molar-refractivity contribution in [1.82, 2.24) is 14.6 Å². The minimum absolute atomic E-state index is 0.131. The Labute approximate surface area is 233 Å². The predicted molar refractivity (Wildman–Crippen MR) is 150 cm³/mol. The van der Waals surface area contributed by atoms with Crippen LogP contribution in [0.4, 0.5) is 4.39 Å². The van der Waals surface area contributed by atoms with Gasteiger partial charge in [-0.3, -0.25) is 19.4 Å². The molecule has 4 rings (SSSR count). The number of hydrazine groups is 1.